The lowest BCUT2D eigenvalue weighted by molar-refractivity contribution is -0.137. The third-order valence-corrected chi connectivity index (χ3v) is 6.69. The fourth-order valence-corrected chi connectivity index (χ4v) is 4.63. The Kier molecular flexibility index (Phi) is 6.77. The van der Waals surface area contributed by atoms with Crippen molar-refractivity contribution < 1.29 is 23.1 Å². The number of aromatic hydroxyl groups is 1. The molecule has 2 aromatic rings. The minimum Gasteiger partial charge on any atom is -0.506 e. The SMILES string of the molecule is CC(NC(c1ccc(Cl)c(C(F)(F)F)c1)C1CC1)C(=O)N1CCN(c2ccccc2O)CC1. The molecular formula is C24H27ClF3N3O2. The van der Waals surface area contributed by atoms with Crippen LogP contribution in [0.5, 0.6) is 5.75 Å². The Morgan fingerprint density at radius 3 is 2.39 bits per heavy atom. The Balaban J connectivity index is 1.41. The molecule has 0 spiro atoms. The zero-order chi connectivity index (χ0) is 23.8. The van der Waals surface area contributed by atoms with Crippen LogP contribution >= 0.6 is 11.6 Å². The number of anilines is 1. The molecule has 0 radical (unpaired) electrons. The zero-order valence-corrected chi connectivity index (χ0v) is 19.0. The van der Waals surface area contributed by atoms with E-state index in [-0.39, 0.29) is 28.6 Å². The van der Waals surface area contributed by atoms with Gasteiger partial charge in [-0.05, 0) is 55.5 Å². The van der Waals surface area contributed by atoms with E-state index in [2.05, 4.69) is 5.32 Å². The van der Waals surface area contributed by atoms with Crippen LogP contribution in [0.3, 0.4) is 0 Å². The lowest BCUT2D eigenvalue weighted by Crippen LogP contribution is -2.54. The predicted octanol–water partition coefficient (Wildman–Crippen LogP) is 4.84. The van der Waals surface area contributed by atoms with Crippen LogP contribution in [0.4, 0.5) is 18.9 Å². The van der Waals surface area contributed by atoms with Crippen molar-refractivity contribution in [1.29, 1.82) is 0 Å². The van der Waals surface area contributed by atoms with Crippen LogP contribution in [0, 0.1) is 5.92 Å². The summed E-state index contributed by atoms with van der Waals surface area (Å²) in [6.07, 6.45) is -2.72. The van der Waals surface area contributed by atoms with Crippen LogP contribution in [0.25, 0.3) is 0 Å². The van der Waals surface area contributed by atoms with E-state index in [0.717, 1.165) is 24.6 Å². The molecule has 4 rings (SSSR count). The van der Waals surface area contributed by atoms with Crippen LogP contribution in [0.1, 0.15) is 36.9 Å². The van der Waals surface area contributed by atoms with Gasteiger partial charge in [-0.3, -0.25) is 10.1 Å². The number of hydrogen-bond donors (Lipinski definition) is 2. The number of para-hydroxylation sites is 2. The van der Waals surface area contributed by atoms with Crippen LogP contribution in [-0.2, 0) is 11.0 Å². The summed E-state index contributed by atoms with van der Waals surface area (Å²) in [7, 11) is 0. The number of alkyl halides is 3. The van der Waals surface area contributed by atoms with Crippen molar-refractivity contribution in [2.75, 3.05) is 31.1 Å². The number of piperazine rings is 1. The third kappa shape index (κ3) is 5.38. The summed E-state index contributed by atoms with van der Waals surface area (Å²) < 4.78 is 40.0. The Morgan fingerprint density at radius 1 is 1.12 bits per heavy atom. The van der Waals surface area contributed by atoms with Gasteiger partial charge in [-0.2, -0.15) is 13.2 Å². The Morgan fingerprint density at radius 2 is 1.79 bits per heavy atom. The first-order valence-corrected chi connectivity index (χ1v) is 11.5. The molecule has 2 aromatic carbocycles. The minimum absolute atomic E-state index is 0.0809. The highest BCUT2D eigenvalue weighted by atomic mass is 35.5. The van der Waals surface area contributed by atoms with Gasteiger partial charge in [-0.1, -0.05) is 29.8 Å². The first-order valence-electron chi connectivity index (χ1n) is 11.1. The number of carbonyl (C=O) groups excluding carboxylic acids is 1. The largest absolute Gasteiger partial charge is 0.506 e. The number of benzene rings is 2. The van der Waals surface area contributed by atoms with Crippen molar-refractivity contribution in [3.05, 3.63) is 58.6 Å². The second-order valence-corrected chi connectivity index (χ2v) is 9.15. The third-order valence-electron chi connectivity index (χ3n) is 6.36. The number of nitrogens with zero attached hydrogens (tertiary/aromatic N) is 2. The molecule has 1 aliphatic heterocycles. The molecule has 1 saturated carbocycles. The number of phenolic OH excluding ortho intramolecular Hbond substituents is 1. The van der Waals surface area contributed by atoms with Gasteiger partial charge in [0, 0.05) is 32.2 Å². The van der Waals surface area contributed by atoms with Crippen LogP contribution < -0.4 is 10.2 Å². The summed E-state index contributed by atoms with van der Waals surface area (Å²) in [6.45, 7) is 3.95. The van der Waals surface area contributed by atoms with E-state index in [1.165, 1.54) is 6.07 Å². The van der Waals surface area contributed by atoms with Gasteiger partial charge in [0.1, 0.15) is 5.75 Å². The molecule has 0 bridgehead atoms. The number of nitrogens with one attached hydrogen (secondary N) is 1. The number of carbonyl (C=O) groups is 1. The normalized spacial score (nSPS) is 18.8. The Labute approximate surface area is 196 Å². The average molecular weight is 482 g/mol. The maximum atomic E-state index is 13.3. The fraction of sp³-hybridized carbons (Fsp3) is 0.458. The summed E-state index contributed by atoms with van der Waals surface area (Å²) >= 11 is 5.78. The predicted molar refractivity (Wildman–Crippen MR) is 121 cm³/mol. The number of amides is 1. The molecule has 0 aromatic heterocycles. The van der Waals surface area contributed by atoms with Gasteiger partial charge < -0.3 is 14.9 Å². The monoisotopic (exact) mass is 481 g/mol. The van der Waals surface area contributed by atoms with E-state index >= 15 is 0 Å². The fourth-order valence-electron chi connectivity index (χ4n) is 4.40. The standard InChI is InChI=1S/C24H27ClF3N3O2/c1-15(23(33)31-12-10-30(11-13-31)20-4-2-3-5-21(20)32)29-22(16-6-7-16)17-8-9-19(25)18(14-17)24(26,27)28/h2-5,8-9,14-16,22,29,32H,6-7,10-13H2,1H3. The van der Waals surface area contributed by atoms with Crippen molar-refractivity contribution in [1.82, 2.24) is 10.2 Å². The minimum atomic E-state index is -4.53. The van der Waals surface area contributed by atoms with E-state index < -0.39 is 17.8 Å². The maximum Gasteiger partial charge on any atom is 0.417 e. The molecule has 1 amide bonds. The number of halogens is 4. The zero-order valence-electron chi connectivity index (χ0n) is 18.3. The van der Waals surface area contributed by atoms with Crippen molar-refractivity contribution in [3.8, 4) is 5.75 Å². The molecule has 33 heavy (non-hydrogen) atoms. The smallest absolute Gasteiger partial charge is 0.417 e. The highest BCUT2D eigenvalue weighted by Gasteiger charge is 2.38. The first kappa shape index (κ1) is 23.7. The molecule has 1 aliphatic carbocycles. The molecule has 9 heteroatoms. The topological polar surface area (TPSA) is 55.8 Å². The van der Waals surface area contributed by atoms with Crippen LogP contribution in [0.15, 0.2) is 42.5 Å². The second-order valence-electron chi connectivity index (χ2n) is 8.74. The van der Waals surface area contributed by atoms with Gasteiger partial charge >= 0.3 is 6.18 Å². The number of rotatable bonds is 6. The quantitative estimate of drug-likeness (QED) is 0.619. The van der Waals surface area contributed by atoms with Gasteiger partial charge in [-0.25, -0.2) is 0 Å². The molecule has 2 fully saturated rings. The van der Waals surface area contributed by atoms with Crippen molar-refractivity contribution >= 4 is 23.2 Å². The van der Waals surface area contributed by atoms with Crippen molar-refractivity contribution in [3.63, 3.8) is 0 Å². The van der Waals surface area contributed by atoms with E-state index in [1.807, 2.05) is 17.0 Å². The van der Waals surface area contributed by atoms with Gasteiger partial charge in [0.2, 0.25) is 5.91 Å². The van der Waals surface area contributed by atoms with Crippen molar-refractivity contribution in [2.45, 2.75) is 38.0 Å². The molecule has 5 nitrogen and oxygen atoms in total. The Hall–Kier alpha value is -2.45. The molecule has 2 N–H and O–H groups in total. The van der Waals surface area contributed by atoms with Gasteiger partial charge in [0.25, 0.3) is 0 Å². The van der Waals surface area contributed by atoms with Gasteiger partial charge in [-0.15, -0.1) is 0 Å². The highest BCUT2D eigenvalue weighted by molar-refractivity contribution is 6.31. The van der Waals surface area contributed by atoms with Crippen LogP contribution in [-0.4, -0.2) is 48.1 Å². The average Bonchev–Trinajstić information content (AvgIpc) is 3.62. The second kappa shape index (κ2) is 9.43. The van der Waals surface area contributed by atoms with E-state index in [0.29, 0.717) is 31.7 Å². The molecular weight excluding hydrogens is 455 g/mol. The van der Waals surface area contributed by atoms with E-state index in [4.69, 9.17) is 11.6 Å². The summed E-state index contributed by atoms with van der Waals surface area (Å²) in [5.74, 6) is 0.323. The molecule has 2 atom stereocenters. The maximum absolute atomic E-state index is 13.3. The molecule has 178 valence electrons. The summed E-state index contributed by atoms with van der Waals surface area (Å²) in [6, 6.07) is 10.2. The van der Waals surface area contributed by atoms with Gasteiger partial charge in [0.15, 0.2) is 0 Å². The molecule has 1 saturated heterocycles. The van der Waals surface area contributed by atoms with E-state index in [9.17, 15) is 23.1 Å². The molecule has 2 aliphatic rings. The van der Waals surface area contributed by atoms with Crippen LogP contribution in [0.2, 0.25) is 5.02 Å². The summed E-state index contributed by atoms with van der Waals surface area (Å²) in [4.78, 5) is 16.9. The highest BCUT2D eigenvalue weighted by Crippen LogP contribution is 2.43. The number of hydrogen-bond acceptors (Lipinski definition) is 4. The Bertz CT molecular complexity index is 1000. The van der Waals surface area contributed by atoms with Crippen molar-refractivity contribution in [2.24, 2.45) is 5.92 Å². The molecule has 2 unspecified atom stereocenters. The number of phenols is 1. The van der Waals surface area contributed by atoms with E-state index in [1.54, 1.807) is 30.0 Å². The van der Waals surface area contributed by atoms with Gasteiger partial charge in [0.05, 0.1) is 22.3 Å². The summed E-state index contributed by atoms with van der Waals surface area (Å²) in [5, 5.41) is 13.0. The lowest BCUT2D eigenvalue weighted by atomic mass is 9.98. The molecule has 1 heterocycles. The lowest BCUT2D eigenvalue weighted by Gasteiger charge is -2.38. The first-order chi connectivity index (χ1) is 15.6. The summed E-state index contributed by atoms with van der Waals surface area (Å²) in [5.41, 5.74) is 0.388.